The van der Waals surface area contributed by atoms with E-state index in [1.54, 1.807) is 0 Å². The van der Waals surface area contributed by atoms with Crippen molar-refractivity contribution in [3.63, 3.8) is 0 Å². The molecule has 0 bridgehead atoms. The predicted molar refractivity (Wildman–Crippen MR) is 92.6 cm³/mol. The van der Waals surface area contributed by atoms with Crippen molar-refractivity contribution in [2.75, 3.05) is 13.2 Å². The van der Waals surface area contributed by atoms with E-state index in [1.165, 1.54) is 12.1 Å². The fourth-order valence-corrected chi connectivity index (χ4v) is 2.23. The number of hydrogen-bond acceptors (Lipinski definition) is 3. The first-order chi connectivity index (χ1) is 11.4. The van der Waals surface area contributed by atoms with Gasteiger partial charge in [0.1, 0.15) is 4.83 Å². The molecule has 2 unspecified atom stereocenters. The van der Waals surface area contributed by atoms with Crippen molar-refractivity contribution < 1.29 is 27.8 Å². The zero-order valence-electron chi connectivity index (χ0n) is 14.4. The fourth-order valence-electron chi connectivity index (χ4n) is 1.97. The number of aliphatic hydroxyl groups excluding tert-OH is 1. The molecule has 0 heterocycles. The summed E-state index contributed by atoms with van der Waals surface area (Å²) in [6.07, 6.45) is -4.17. The number of carbonyl (C=O) groups excluding carboxylic acids is 1. The third-order valence-corrected chi connectivity index (χ3v) is 3.96. The molecule has 142 valence electrons. The Kier molecular flexibility index (Phi) is 7.89. The SMILES string of the molecule is CC(C)(C)OCC(Br)C(=O)NC(CO)Cc1ccc(C(F)(F)F)cc1. The standard InChI is InChI=1S/C17H23BrF3NO3/c1-16(2,3)25-10-14(18)15(24)22-13(9-23)8-11-4-6-12(7-5-11)17(19,20)21/h4-7,13-14,23H,8-10H2,1-3H3,(H,22,24). The Morgan fingerprint density at radius 1 is 1.24 bits per heavy atom. The van der Waals surface area contributed by atoms with E-state index in [0.29, 0.717) is 5.56 Å². The molecule has 0 radical (unpaired) electrons. The van der Waals surface area contributed by atoms with Gasteiger partial charge in [-0.2, -0.15) is 13.2 Å². The molecule has 25 heavy (non-hydrogen) atoms. The number of carbonyl (C=O) groups is 1. The normalized spacial score (nSPS) is 14.9. The van der Waals surface area contributed by atoms with Crippen molar-refractivity contribution in [3.8, 4) is 0 Å². The molecule has 8 heteroatoms. The monoisotopic (exact) mass is 425 g/mol. The second kappa shape index (κ2) is 9.00. The molecule has 1 amide bonds. The van der Waals surface area contributed by atoms with Crippen molar-refractivity contribution in [3.05, 3.63) is 35.4 Å². The second-order valence-electron chi connectivity index (χ2n) is 6.68. The van der Waals surface area contributed by atoms with Gasteiger partial charge in [0, 0.05) is 0 Å². The van der Waals surface area contributed by atoms with Crippen molar-refractivity contribution in [1.29, 1.82) is 0 Å². The van der Waals surface area contributed by atoms with Crippen LogP contribution >= 0.6 is 15.9 Å². The van der Waals surface area contributed by atoms with E-state index in [1.807, 2.05) is 20.8 Å². The van der Waals surface area contributed by atoms with Gasteiger partial charge in [-0.3, -0.25) is 4.79 Å². The van der Waals surface area contributed by atoms with Crippen LogP contribution < -0.4 is 5.32 Å². The van der Waals surface area contributed by atoms with Crippen molar-refractivity contribution in [2.45, 2.75) is 49.8 Å². The molecular weight excluding hydrogens is 403 g/mol. The van der Waals surface area contributed by atoms with Gasteiger partial charge in [-0.15, -0.1) is 0 Å². The van der Waals surface area contributed by atoms with Crippen molar-refractivity contribution in [1.82, 2.24) is 5.32 Å². The quantitative estimate of drug-likeness (QED) is 0.658. The Balaban J connectivity index is 2.60. The van der Waals surface area contributed by atoms with E-state index >= 15 is 0 Å². The number of amides is 1. The van der Waals surface area contributed by atoms with Crippen LogP contribution in [0.25, 0.3) is 0 Å². The van der Waals surface area contributed by atoms with E-state index in [0.717, 1.165) is 12.1 Å². The van der Waals surface area contributed by atoms with Gasteiger partial charge in [-0.1, -0.05) is 28.1 Å². The lowest BCUT2D eigenvalue weighted by Crippen LogP contribution is -2.44. The maximum Gasteiger partial charge on any atom is 0.416 e. The maximum atomic E-state index is 12.6. The molecule has 0 aliphatic rings. The molecule has 0 aromatic heterocycles. The summed E-state index contributed by atoms with van der Waals surface area (Å²) in [5.41, 5.74) is -0.534. The number of benzene rings is 1. The summed E-state index contributed by atoms with van der Waals surface area (Å²) in [6.45, 7) is 5.43. The van der Waals surface area contributed by atoms with E-state index in [9.17, 15) is 23.1 Å². The molecule has 0 saturated carbocycles. The largest absolute Gasteiger partial charge is 0.416 e. The van der Waals surface area contributed by atoms with Crippen LogP contribution in [0.5, 0.6) is 0 Å². The topological polar surface area (TPSA) is 58.6 Å². The van der Waals surface area contributed by atoms with Crippen LogP contribution in [0, 0.1) is 0 Å². The number of halogens is 4. The van der Waals surface area contributed by atoms with Gasteiger partial charge in [0.15, 0.2) is 0 Å². The van der Waals surface area contributed by atoms with Crippen LogP contribution in [0.2, 0.25) is 0 Å². The molecule has 2 atom stereocenters. The van der Waals surface area contributed by atoms with Crippen molar-refractivity contribution >= 4 is 21.8 Å². The van der Waals surface area contributed by atoms with Crippen molar-refractivity contribution in [2.24, 2.45) is 0 Å². The number of aliphatic hydroxyl groups is 1. The minimum absolute atomic E-state index is 0.160. The van der Waals surface area contributed by atoms with Crippen LogP contribution in [0.15, 0.2) is 24.3 Å². The van der Waals surface area contributed by atoms with Crippen LogP contribution in [0.1, 0.15) is 31.9 Å². The third kappa shape index (κ3) is 8.20. The molecule has 0 spiro atoms. The Hall–Kier alpha value is -1.12. The average molecular weight is 426 g/mol. The van der Waals surface area contributed by atoms with E-state index in [-0.39, 0.29) is 31.1 Å². The molecule has 0 saturated heterocycles. The molecule has 1 aromatic rings. The van der Waals surface area contributed by atoms with Crippen LogP contribution in [0.4, 0.5) is 13.2 Å². The predicted octanol–water partition coefficient (Wildman–Crippen LogP) is 3.30. The maximum absolute atomic E-state index is 12.6. The lowest BCUT2D eigenvalue weighted by atomic mass is 10.0. The van der Waals surface area contributed by atoms with E-state index in [2.05, 4.69) is 21.2 Å². The molecule has 1 rings (SSSR count). The van der Waals surface area contributed by atoms with Gasteiger partial charge >= 0.3 is 6.18 Å². The van der Waals surface area contributed by atoms with Gasteiger partial charge in [-0.25, -0.2) is 0 Å². The van der Waals surface area contributed by atoms with Gasteiger partial charge < -0.3 is 15.2 Å². The second-order valence-corrected chi connectivity index (χ2v) is 7.78. The number of ether oxygens (including phenoxy) is 1. The number of rotatable bonds is 7. The fraction of sp³-hybridized carbons (Fsp3) is 0.588. The molecule has 2 N–H and O–H groups in total. The summed E-state index contributed by atoms with van der Waals surface area (Å²) in [7, 11) is 0. The highest BCUT2D eigenvalue weighted by Crippen LogP contribution is 2.29. The molecule has 4 nitrogen and oxygen atoms in total. The summed E-state index contributed by atoms with van der Waals surface area (Å²) >= 11 is 3.23. The molecule has 0 aliphatic carbocycles. The van der Waals surface area contributed by atoms with Gasteiger partial charge in [0.25, 0.3) is 0 Å². The lowest BCUT2D eigenvalue weighted by Gasteiger charge is -2.23. The number of alkyl halides is 4. The highest BCUT2D eigenvalue weighted by atomic mass is 79.9. The minimum Gasteiger partial charge on any atom is -0.394 e. The zero-order valence-corrected chi connectivity index (χ0v) is 15.9. The van der Waals surface area contributed by atoms with Crippen LogP contribution in [-0.4, -0.2) is 40.7 Å². The molecule has 0 fully saturated rings. The Bertz CT molecular complexity index is 556. The molecule has 1 aromatic carbocycles. The van der Waals surface area contributed by atoms with Gasteiger partial charge in [-0.05, 0) is 44.9 Å². The van der Waals surface area contributed by atoms with Crippen LogP contribution in [-0.2, 0) is 22.1 Å². The average Bonchev–Trinajstić information content (AvgIpc) is 2.50. The summed E-state index contributed by atoms with van der Waals surface area (Å²) in [5.74, 6) is -0.352. The zero-order chi connectivity index (χ0) is 19.3. The Labute approximate surface area is 153 Å². The first-order valence-electron chi connectivity index (χ1n) is 7.78. The van der Waals surface area contributed by atoms with Gasteiger partial charge in [0.2, 0.25) is 5.91 Å². The molecular formula is C17H23BrF3NO3. The highest BCUT2D eigenvalue weighted by molar-refractivity contribution is 9.10. The van der Waals surface area contributed by atoms with Crippen LogP contribution in [0.3, 0.4) is 0 Å². The summed E-state index contributed by atoms with van der Waals surface area (Å²) in [4.78, 5) is 11.5. The van der Waals surface area contributed by atoms with E-state index < -0.39 is 22.6 Å². The summed E-state index contributed by atoms with van der Waals surface area (Å²) in [5, 5.41) is 12.1. The summed E-state index contributed by atoms with van der Waals surface area (Å²) in [6, 6.07) is 4.04. The number of nitrogens with one attached hydrogen (secondary N) is 1. The minimum atomic E-state index is -4.39. The number of hydrogen-bond donors (Lipinski definition) is 2. The first-order valence-corrected chi connectivity index (χ1v) is 8.69. The highest BCUT2D eigenvalue weighted by Gasteiger charge is 2.30. The van der Waals surface area contributed by atoms with Gasteiger partial charge in [0.05, 0.1) is 30.4 Å². The van der Waals surface area contributed by atoms with E-state index in [4.69, 9.17) is 4.74 Å². The lowest BCUT2D eigenvalue weighted by molar-refractivity contribution is -0.137. The first kappa shape index (κ1) is 21.9. The summed E-state index contributed by atoms with van der Waals surface area (Å²) < 4.78 is 43.2. The Morgan fingerprint density at radius 3 is 2.24 bits per heavy atom. The Morgan fingerprint density at radius 2 is 1.80 bits per heavy atom. The third-order valence-electron chi connectivity index (χ3n) is 3.28. The molecule has 0 aliphatic heterocycles. The smallest absolute Gasteiger partial charge is 0.394 e.